The molecule has 0 aliphatic heterocycles. The Kier molecular flexibility index (Phi) is 4.00. The molecule has 0 saturated carbocycles. The van der Waals surface area contributed by atoms with Crippen LogP contribution in [0.2, 0.25) is 0 Å². The number of nitrogens with one attached hydrogen (secondary N) is 2. The summed E-state index contributed by atoms with van der Waals surface area (Å²) in [6, 6.07) is 2.56. The average Bonchev–Trinajstić information content (AvgIpc) is 2.84. The molecule has 108 valence electrons. The lowest BCUT2D eigenvalue weighted by Crippen LogP contribution is -2.29. The lowest BCUT2D eigenvalue weighted by Gasteiger charge is -2.14. The van der Waals surface area contributed by atoms with Crippen molar-refractivity contribution in [2.45, 2.75) is 17.9 Å². The Morgan fingerprint density at radius 3 is 2.75 bits per heavy atom. The van der Waals surface area contributed by atoms with E-state index in [0.717, 1.165) is 0 Å². The van der Waals surface area contributed by atoms with Crippen molar-refractivity contribution in [3.05, 3.63) is 30.5 Å². The first-order chi connectivity index (χ1) is 9.45. The molecule has 2 rings (SSSR count). The Bertz CT molecular complexity index is 696. The van der Waals surface area contributed by atoms with Crippen molar-refractivity contribution in [3.63, 3.8) is 0 Å². The highest BCUT2D eigenvalue weighted by Gasteiger charge is 2.23. The van der Waals surface area contributed by atoms with Gasteiger partial charge in [-0.15, -0.1) is 10.2 Å². The zero-order chi connectivity index (χ0) is 14.8. The molecule has 2 aromatic heterocycles. The molecule has 2 N–H and O–H groups in total. The normalized spacial score (nSPS) is 13.2. The molecular weight excluding hydrogens is 280 g/mol. The highest BCUT2D eigenvalue weighted by molar-refractivity contribution is 7.89. The average molecular weight is 296 g/mol. The van der Waals surface area contributed by atoms with Crippen molar-refractivity contribution < 1.29 is 8.42 Å². The van der Waals surface area contributed by atoms with Crippen molar-refractivity contribution in [1.29, 1.82) is 0 Å². The van der Waals surface area contributed by atoms with Gasteiger partial charge in [0.05, 0.1) is 6.04 Å². The van der Waals surface area contributed by atoms with E-state index in [9.17, 15) is 8.42 Å². The number of hydrogen-bond acceptors (Lipinski definition) is 6. The fourth-order valence-electron chi connectivity index (χ4n) is 1.83. The van der Waals surface area contributed by atoms with Crippen molar-refractivity contribution in [1.82, 2.24) is 24.5 Å². The summed E-state index contributed by atoms with van der Waals surface area (Å²) < 4.78 is 29.0. The molecule has 0 bridgehead atoms. The minimum absolute atomic E-state index is 0.0940. The molecule has 0 amide bonds. The number of anilines is 1. The van der Waals surface area contributed by atoms with Gasteiger partial charge in [-0.3, -0.25) is 0 Å². The monoisotopic (exact) mass is 296 g/mol. The fraction of sp³-hybridized carbons (Fsp3) is 0.364. The molecule has 8 nitrogen and oxygen atoms in total. The van der Waals surface area contributed by atoms with Crippen LogP contribution in [-0.2, 0) is 17.1 Å². The van der Waals surface area contributed by atoms with Gasteiger partial charge in [-0.1, -0.05) is 0 Å². The maximum Gasteiger partial charge on any atom is 0.244 e. The van der Waals surface area contributed by atoms with E-state index < -0.39 is 16.1 Å². The minimum Gasteiger partial charge on any atom is -0.372 e. The number of sulfonamides is 1. The molecule has 0 saturated heterocycles. The van der Waals surface area contributed by atoms with E-state index in [1.807, 2.05) is 0 Å². The van der Waals surface area contributed by atoms with Gasteiger partial charge in [0.15, 0.2) is 0 Å². The van der Waals surface area contributed by atoms with E-state index in [-0.39, 0.29) is 4.90 Å². The molecule has 1 unspecified atom stereocenters. The van der Waals surface area contributed by atoms with Crippen LogP contribution in [0.1, 0.15) is 18.8 Å². The number of aromatic nitrogens is 4. The third-order valence-electron chi connectivity index (χ3n) is 2.76. The van der Waals surface area contributed by atoms with Gasteiger partial charge < -0.3 is 9.88 Å². The molecule has 9 heteroatoms. The zero-order valence-corrected chi connectivity index (χ0v) is 12.2. The molecule has 0 spiro atoms. The highest BCUT2D eigenvalue weighted by Crippen LogP contribution is 2.20. The summed E-state index contributed by atoms with van der Waals surface area (Å²) in [4.78, 5) is 4.08. The standard InChI is InChI=1S/C11H16N6O2S/c1-8(11-15-14-7-17(11)3)16-20(18,19)9-5-4-6-13-10(9)12-2/h4-8,16H,1-3H3,(H,12,13). The topological polar surface area (TPSA) is 102 Å². The van der Waals surface area contributed by atoms with Gasteiger partial charge in [0, 0.05) is 20.3 Å². The first-order valence-electron chi connectivity index (χ1n) is 5.94. The SMILES string of the molecule is CNc1ncccc1S(=O)(=O)NC(C)c1nncn1C. The van der Waals surface area contributed by atoms with Crippen LogP contribution in [0.25, 0.3) is 0 Å². The Hall–Kier alpha value is -2.00. The molecule has 0 aromatic carbocycles. The Morgan fingerprint density at radius 2 is 2.15 bits per heavy atom. The predicted octanol–water partition coefficient (Wildman–Crippen LogP) is 0.291. The van der Waals surface area contributed by atoms with Crippen molar-refractivity contribution >= 4 is 15.8 Å². The highest BCUT2D eigenvalue weighted by atomic mass is 32.2. The second-order valence-corrected chi connectivity index (χ2v) is 5.93. The number of rotatable bonds is 5. The molecular formula is C11H16N6O2S. The Morgan fingerprint density at radius 1 is 1.40 bits per heavy atom. The van der Waals surface area contributed by atoms with Crippen LogP contribution < -0.4 is 10.0 Å². The smallest absolute Gasteiger partial charge is 0.244 e. The molecule has 2 aromatic rings. The first kappa shape index (κ1) is 14.4. The van der Waals surface area contributed by atoms with Crippen LogP contribution in [0.15, 0.2) is 29.6 Å². The predicted molar refractivity (Wildman–Crippen MR) is 73.5 cm³/mol. The fourth-order valence-corrected chi connectivity index (χ4v) is 3.19. The molecule has 0 fully saturated rings. The first-order valence-corrected chi connectivity index (χ1v) is 7.43. The zero-order valence-electron chi connectivity index (χ0n) is 11.4. The van der Waals surface area contributed by atoms with Crippen LogP contribution in [-0.4, -0.2) is 35.2 Å². The third kappa shape index (κ3) is 2.78. The van der Waals surface area contributed by atoms with Gasteiger partial charge in [-0.05, 0) is 19.1 Å². The molecule has 0 aliphatic rings. The summed E-state index contributed by atoms with van der Waals surface area (Å²) in [5, 5.41) is 10.4. The molecule has 1 atom stereocenters. The maximum atomic E-state index is 12.4. The van der Waals surface area contributed by atoms with Gasteiger partial charge >= 0.3 is 0 Å². The van der Waals surface area contributed by atoms with Crippen LogP contribution in [0.4, 0.5) is 5.82 Å². The van der Waals surface area contributed by atoms with E-state index in [0.29, 0.717) is 11.6 Å². The lowest BCUT2D eigenvalue weighted by atomic mass is 10.3. The summed E-state index contributed by atoms with van der Waals surface area (Å²) in [5.74, 6) is 0.827. The lowest BCUT2D eigenvalue weighted by molar-refractivity contribution is 0.553. The molecule has 0 aliphatic carbocycles. The Balaban J connectivity index is 2.30. The van der Waals surface area contributed by atoms with E-state index >= 15 is 0 Å². The van der Waals surface area contributed by atoms with E-state index in [2.05, 4.69) is 25.2 Å². The second-order valence-electron chi connectivity index (χ2n) is 4.24. The van der Waals surface area contributed by atoms with Crippen LogP contribution in [0, 0.1) is 0 Å². The molecule has 2 heterocycles. The third-order valence-corrected chi connectivity index (χ3v) is 4.33. The van der Waals surface area contributed by atoms with Gasteiger partial charge in [-0.2, -0.15) is 0 Å². The van der Waals surface area contributed by atoms with Gasteiger partial charge in [0.2, 0.25) is 10.0 Å². The van der Waals surface area contributed by atoms with Crippen molar-refractivity contribution in [2.75, 3.05) is 12.4 Å². The summed E-state index contributed by atoms with van der Waals surface area (Å²) in [6.07, 6.45) is 3.04. The summed E-state index contributed by atoms with van der Waals surface area (Å²) in [5.41, 5.74) is 0. The summed E-state index contributed by atoms with van der Waals surface area (Å²) >= 11 is 0. The number of hydrogen-bond donors (Lipinski definition) is 2. The molecule has 0 radical (unpaired) electrons. The van der Waals surface area contributed by atoms with Crippen LogP contribution in [0.3, 0.4) is 0 Å². The van der Waals surface area contributed by atoms with E-state index in [4.69, 9.17) is 0 Å². The summed E-state index contributed by atoms with van der Waals surface area (Å²) in [6.45, 7) is 1.71. The van der Waals surface area contributed by atoms with E-state index in [1.165, 1.54) is 18.6 Å². The minimum atomic E-state index is -3.70. The van der Waals surface area contributed by atoms with Gasteiger partial charge in [0.1, 0.15) is 22.9 Å². The van der Waals surface area contributed by atoms with Crippen molar-refractivity contribution in [3.8, 4) is 0 Å². The van der Waals surface area contributed by atoms with Gasteiger partial charge in [-0.25, -0.2) is 18.1 Å². The largest absolute Gasteiger partial charge is 0.372 e. The van der Waals surface area contributed by atoms with Gasteiger partial charge in [0.25, 0.3) is 0 Å². The van der Waals surface area contributed by atoms with Crippen molar-refractivity contribution in [2.24, 2.45) is 7.05 Å². The number of aryl methyl sites for hydroxylation is 1. The Labute approximate surface area is 117 Å². The van der Waals surface area contributed by atoms with E-state index in [1.54, 1.807) is 31.7 Å². The van der Waals surface area contributed by atoms with Crippen LogP contribution in [0.5, 0.6) is 0 Å². The maximum absolute atomic E-state index is 12.4. The molecule has 20 heavy (non-hydrogen) atoms. The quantitative estimate of drug-likeness (QED) is 0.822. The number of nitrogens with zero attached hydrogens (tertiary/aromatic N) is 4. The summed E-state index contributed by atoms with van der Waals surface area (Å²) in [7, 11) is -0.329. The second kappa shape index (κ2) is 5.55. The van der Waals surface area contributed by atoms with Crippen LogP contribution >= 0.6 is 0 Å². The number of pyridine rings is 1.